The highest BCUT2D eigenvalue weighted by atomic mass is 19.4. The van der Waals surface area contributed by atoms with Crippen LogP contribution in [0.25, 0.3) is 11.0 Å². The number of hydrogen-bond acceptors (Lipinski definition) is 6. The molecule has 4 rings (SSSR count). The molecule has 10 heteroatoms. The summed E-state index contributed by atoms with van der Waals surface area (Å²) in [6.07, 6.45) is -2.74. The summed E-state index contributed by atoms with van der Waals surface area (Å²) in [5.41, 5.74) is 1.35. The van der Waals surface area contributed by atoms with Crippen molar-refractivity contribution in [2.45, 2.75) is 72.1 Å². The average molecular weight is 506 g/mol. The normalized spacial score (nSPS) is 20.5. The van der Waals surface area contributed by atoms with Crippen molar-refractivity contribution in [1.82, 2.24) is 19.4 Å². The Labute approximate surface area is 209 Å². The van der Waals surface area contributed by atoms with E-state index < -0.39 is 17.8 Å². The smallest absolute Gasteiger partial charge is 0.373 e. The molecule has 7 nitrogen and oxygen atoms in total. The van der Waals surface area contributed by atoms with E-state index in [1.54, 1.807) is 0 Å². The Hall–Kier alpha value is -2.98. The highest BCUT2D eigenvalue weighted by molar-refractivity contribution is 5.75. The largest absolute Gasteiger partial charge is 0.409 e. The standard InChI is InChI=1S/C25H30F3N5O2.CH4/c1-15-12-32(13-16(2)35-15)14-19-5-7-20(8-6-19)17(3)30-24-29-11-21-9-10-22(34)33(23(21)31-24)18(4)25(26,27)28;/h5-11,15-18H,12-14H2,1-4H3,(H,29,30,31);1H4/t15-,16+,17-,18-;/m0./s1. The van der Waals surface area contributed by atoms with Crippen LogP contribution in [0.3, 0.4) is 0 Å². The molecule has 196 valence electrons. The number of benzene rings is 1. The molecule has 4 atom stereocenters. The number of anilines is 1. The SMILES string of the molecule is C.C[C@@H]1CN(Cc2ccc([C@H](C)Nc3ncc4ccc(=O)n([C@@H](C)C(F)(F)F)c4n3)cc2)C[C@H](C)O1. The molecule has 1 N–H and O–H groups in total. The van der Waals surface area contributed by atoms with Gasteiger partial charge in [0, 0.05) is 37.3 Å². The molecule has 1 fully saturated rings. The van der Waals surface area contributed by atoms with E-state index in [9.17, 15) is 18.0 Å². The molecule has 36 heavy (non-hydrogen) atoms. The third kappa shape index (κ3) is 6.22. The highest BCUT2D eigenvalue weighted by Gasteiger charge is 2.38. The van der Waals surface area contributed by atoms with Gasteiger partial charge in [0.2, 0.25) is 5.95 Å². The first-order valence-corrected chi connectivity index (χ1v) is 11.7. The Balaban J connectivity index is 0.00000361. The van der Waals surface area contributed by atoms with Gasteiger partial charge in [-0.1, -0.05) is 31.7 Å². The molecule has 0 radical (unpaired) electrons. The molecule has 0 aliphatic carbocycles. The van der Waals surface area contributed by atoms with Crippen LogP contribution in [-0.4, -0.2) is 50.9 Å². The Morgan fingerprint density at radius 2 is 1.72 bits per heavy atom. The summed E-state index contributed by atoms with van der Waals surface area (Å²) in [5, 5.41) is 3.50. The fourth-order valence-electron chi connectivity index (χ4n) is 4.49. The van der Waals surface area contributed by atoms with Crippen molar-refractivity contribution in [3.8, 4) is 0 Å². The Kier molecular flexibility index (Phi) is 8.40. The number of nitrogens with one attached hydrogen (secondary N) is 1. The Bertz CT molecular complexity index is 1220. The minimum atomic E-state index is -4.58. The van der Waals surface area contributed by atoms with Crippen LogP contribution < -0.4 is 10.9 Å². The van der Waals surface area contributed by atoms with E-state index in [1.807, 2.05) is 19.1 Å². The van der Waals surface area contributed by atoms with Crippen molar-refractivity contribution in [1.29, 1.82) is 0 Å². The van der Waals surface area contributed by atoms with Gasteiger partial charge in [-0.2, -0.15) is 18.2 Å². The molecular formula is C26H34F3N5O2. The van der Waals surface area contributed by atoms with Crippen molar-refractivity contribution in [3.63, 3.8) is 0 Å². The lowest BCUT2D eigenvalue weighted by molar-refractivity contribution is -0.162. The first kappa shape index (κ1) is 27.6. The zero-order valence-electron chi connectivity index (χ0n) is 20.2. The van der Waals surface area contributed by atoms with E-state index in [4.69, 9.17) is 4.74 Å². The summed E-state index contributed by atoms with van der Waals surface area (Å²) in [6, 6.07) is 8.50. The van der Waals surface area contributed by atoms with E-state index in [0.717, 1.165) is 38.2 Å². The number of alkyl halides is 3. The number of fused-ring (bicyclic) bond motifs is 1. The van der Waals surface area contributed by atoms with E-state index >= 15 is 0 Å². The fourth-order valence-corrected chi connectivity index (χ4v) is 4.49. The maximum atomic E-state index is 13.4. The molecule has 1 saturated heterocycles. The first-order valence-electron chi connectivity index (χ1n) is 11.7. The maximum absolute atomic E-state index is 13.4. The second-order valence-corrected chi connectivity index (χ2v) is 9.29. The number of ether oxygens (including phenoxy) is 1. The van der Waals surface area contributed by atoms with Crippen LogP contribution in [0.5, 0.6) is 0 Å². The van der Waals surface area contributed by atoms with Crippen molar-refractivity contribution in [2.75, 3.05) is 18.4 Å². The van der Waals surface area contributed by atoms with Crippen LogP contribution in [0.4, 0.5) is 19.1 Å². The molecule has 3 aromatic rings. The molecule has 1 aromatic carbocycles. The molecule has 1 aliphatic rings. The van der Waals surface area contributed by atoms with E-state index in [1.165, 1.54) is 17.8 Å². The fraction of sp³-hybridized carbons (Fsp3) is 0.500. The molecular weight excluding hydrogens is 471 g/mol. The number of rotatable bonds is 6. The van der Waals surface area contributed by atoms with Gasteiger partial charge in [-0.25, -0.2) is 4.98 Å². The van der Waals surface area contributed by atoms with Gasteiger partial charge in [-0.3, -0.25) is 14.3 Å². The van der Waals surface area contributed by atoms with Crippen molar-refractivity contribution >= 4 is 17.0 Å². The van der Waals surface area contributed by atoms with Crippen LogP contribution in [0.15, 0.2) is 47.4 Å². The van der Waals surface area contributed by atoms with Crippen LogP contribution >= 0.6 is 0 Å². The number of morpholine rings is 1. The van der Waals surface area contributed by atoms with Crippen molar-refractivity contribution in [3.05, 3.63) is 64.1 Å². The lowest BCUT2D eigenvalue weighted by Crippen LogP contribution is -2.44. The number of pyridine rings is 1. The summed E-state index contributed by atoms with van der Waals surface area (Å²) >= 11 is 0. The van der Waals surface area contributed by atoms with Gasteiger partial charge in [-0.05, 0) is 44.9 Å². The molecule has 0 amide bonds. The molecule has 3 heterocycles. The van der Waals surface area contributed by atoms with Gasteiger partial charge in [0.25, 0.3) is 5.56 Å². The number of halogens is 3. The van der Waals surface area contributed by atoms with E-state index in [-0.39, 0.29) is 37.3 Å². The summed E-state index contributed by atoms with van der Waals surface area (Å²) in [4.78, 5) is 23.1. The topological polar surface area (TPSA) is 72.3 Å². The van der Waals surface area contributed by atoms with Crippen LogP contribution in [0.2, 0.25) is 0 Å². The number of nitrogens with zero attached hydrogens (tertiary/aromatic N) is 4. The minimum absolute atomic E-state index is 0. The predicted octanol–water partition coefficient (Wildman–Crippen LogP) is 5.33. The first-order chi connectivity index (χ1) is 16.5. The van der Waals surface area contributed by atoms with Gasteiger partial charge < -0.3 is 10.1 Å². The summed E-state index contributed by atoms with van der Waals surface area (Å²) in [5.74, 6) is 0.152. The second kappa shape index (κ2) is 11.0. The second-order valence-electron chi connectivity index (χ2n) is 9.29. The lowest BCUT2D eigenvalue weighted by atomic mass is 10.1. The Morgan fingerprint density at radius 1 is 1.08 bits per heavy atom. The zero-order chi connectivity index (χ0) is 25.3. The van der Waals surface area contributed by atoms with Crippen molar-refractivity contribution in [2.24, 2.45) is 0 Å². The van der Waals surface area contributed by atoms with Gasteiger partial charge in [0.05, 0.1) is 18.2 Å². The third-order valence-corrected chi connectivity index (χ3v) is 6.25. The highest BCUT2D eigenvalue weighted by Crippen LogP contribution is 2.31. The summed E-state index contributed by atoms with van der Waals surface area (Å²) in [6.45, 7) is 9.64. The van der Waals surface area contributed by atoms with Crippen LogP contribution in [0, 0.1) is 0 Å². The molecule has 0 saturated carbocycles. The van der Waals surface area contributed by atoms with E-state index in [0.29, 0.717) is 9.95 Å². The zero-order valence-corrected chi connectivity index (χ0v) is 20.2. The van der Waals surface area contributed by atoms with Crippen LogP contribution in [-0.2, 0) is 11.3 Å². The molecule has 0 unspecified atom stereocenters. The Morgan fingerprint density at radius 3 is 2.33 bits per heavy atom. The molecule has 0 bridgehead atoms. The number of aromatic nitrogens is 3. The summed E-state index contributed by atoms with van der Waals surface area (Å²) in [7, 11) is 0. The lowest BCUT2D eigenvalue weighted by Gasteiger charge is -2.35. The number of hydrogen-bond donors (Lipinski definition) is 1. The van der Waals surface area contributed by atoms with E-state index in [2.05, 4.69) is 46.2 Å². The monoisotopic (exact) mass is 505 g/mol. The minimum Gasteiger partial charge on any atom is -0.373 e. The predicted molar refractivity (Wildman–Crippen MR) is 135 cm³/mol. The summed E-state index contributed by atoms with van der Waals surface area (Å²) < 4.78 is 46.6. The van der Waals surface area contributed by atoms with Gasteiger partial charge in [0.15, 0.2) is 0 Å². The average Bonchev–Trinajstić information content (AvgIpc) is 2.77. The van der Waals surface area contributed by atoms with Gasteiger partial charge >= 0.3 is 6.18 Å². The molecule has 0 spiro atoms. The quantitative estimate of drug-likeness (QED) is 0.488. The van der Waals surface area contributed by atoms with Crippen LogP contribution in [0.1, 0.15) is 58.3 Å². The molecule has 2 aromatic heterocycles. The van der Waals surface area contributed by atoms with Gasteiger partial charge in [0.1, 0.15) is 11.7 Å². The maximum Gasteiger partial charge on any atom is 0.409 e. The van der Waals surface area contributed by atoms with Crippen molar-refractivity contribution < 1.29 is 17.9 Å². The molecule has 1 aliphatic heterocycles. The third-order valence-electron chi connectivity index (χ3n) is 6.25. The van der Waals surface area contributed by atoms with Gasteiger partial charge in [-0.15, -0.1) is 0 Å².